The maximum absolute atomic E-state index is 11.2. The molecule has 2 N–H and O–H groups in total. The number of hydrogen-bond donors (Lipinski definition) is 2. The van der Waals surface area contributed by atoms with Crippen molar-refractivity contribution in [2.24, 2.45) is 0 Å². The maximum atomic E-state index is 11.2. The van der Waals surface area contributed by atoms with Crippen LogP contribution in [0.3, 0.4) is 0 Å². The van der Waals surface area contributed by atoms with Gasteiger partial charge >= 0.3 is 0 Å². The number of aliphatic hydroxyl groups is 1. The molecule has 0 radical (unpaired) electrons. The summed E-state index contributed by atoms with van der Waals surface area (Å²) in [6, 6.07) is 27.9. The first-order valence-electron chi connectivity index (χ1n) is 13.6. The molecule has 1 aliphatic heterocycles. The molecule has 3 heterocycles. The van der Waals surface area contributed by atoms with Crippen molar-refractivity contribution >= 4 is 17.3 Å². The summed E-state index contributed by atoms with van der Waals surface area (Å²) in [6.07, 6.45) is 5.32. The fraction of sp³-hybridized carbons (Fsp3) is 0.219. The Morgan fingerprint density at radius 2 is 1.76 bits per heavy atom. The molecular formula is C32H30N8O. The van der Waals surface area contributed by atoms with Gasteiger partial charge in [-0.15, -0.1) is 0 Å². The molecule has 0 saturated carbocycles. The summed E-state index contributed by atoms with van der Waals surface area (Å²) in [4.78, 5) is 15.4. The number of nitriles is 1. The van der Waals surface area contributed by atoms with Gasteiger partial charge in [0.1, 0.15) is 18.2 Å². The highest BCUT2D eigenvalue weighted by Gasteiger charge is 2.33. The highest BCUT2D eigenvalue weighted by molar-refractivity contribution is 5.70. The largest absolute Gasteiger partial charge is 0.389 e. The minimum Gasteiger partial charge on any atom is -0.389 e. The van der Waals surface area contributed by atoms with Crippen LogP contribution >= 0.6 is 0 Å². The Balaban J connectivity index is 1.14. The van der Waals surface area contributed by atoms with E-state index in [0.717, 1.165) is 33.9 Å². The summed E-state index contributed by atoms with van der Waals surface area (Å²) in [5.41, 5.74) is 5.18. The van der Waals surface area contributed by atoms with E-state index in [1.54, 1.807) is 17.2 Å². The van der Waals surface area contributed by atoms with Crippen molar-refractivity contribution in [2.45, 2.75) is 31.8 Å². The average Bonchev–Trinajstić information content (AvgIpc) is 3.44. The minimum absolute atomic E-state index is 0.461. The molecule has 6 rings (SSSR count). The molecule has 2 aromatic heterocycles. The van der Waals surface area contributed by atoms with Crippen LogP contribution in [0.1, 0.15) is 29.8 Å². The highest BCUT2D eigenvalue weighted by atomic mass is 16.3. The lowest BCUT2D eigenvalue weighted by atomic mass is 9.85. The summed E-state index contributed by atoms with van der Waals surface area (Å²) in [5.74, 6) is 1.18. The van der Waals surface area contributed by atoms with E-state index in [-0.39, 0.29) is 0 Å². The molecule has 0 amide bonds. The third-order valence-electron chi connectivity index (χ3n) is 7.47. The average molecular weight is 543 g/mol. The Morgan fingerprint density at radius 3 is 2.46 bits per heavy atom. The van der Waals surface area contributed by atoms with Crippen LogP contribution in [-0.4, -0.2) is 48.5 Å². The summed E-state index contributed by atoms with van der Waals surface area (Å²) in [5, 5.41) is 28.8. The number of piperidine rings is 1. The number of nitrogens with zero attached hydrogens (tertiary/aromatic N) is 7. The Bertz CT molecular complexity index is 1680. The summed E-state index contributed by atoms with van der Waals surface area (Å²) in [7, 11) is 0. The van der Waals surface area contributed by atoms with Crippen molar-refractivity contribution in [3.05, 3.63) is 108 Å². The molecule has 5 aromatic rings. The van der Waals surface area contributed by atoms with Crippen LogP contribution in [-0.2, 0) is 6.42 Å². The number of nitrogens with one attached hydrogen (secondary N) is 1. The van der Waals surface area contributed by atoms with Crippen LogP contribution in [0, 0.1) is 18.3 Å². The molecule has 9 nitrogen and oxygen atoms in total. The third-order valence-corrected chi connectivity index (χ3v) is 7.47. The number of aromatic nitrogens is 5. The van der Waals surface area contributed by atoms with E-state index in [9.17, 15) is 10.4 Å². The predicted molar refractivity (Wildman–Crippen MR) is 158 cm³/mol. The molecule has 1 saturated heterocycles. The third kappa shape index (κ3) is 5.93. The molecule has 1 fully saturated rings. The van der Waals surface area contributed by atoms with Crippen LogP contribution in [0.4, 0.5) is 17.3 Å². The van der Waals surface area contributed by atoms with Crippen LogP contribution in [0.5, 0.6) is 0 Å². The topological polar surface area (TPSA) is 116 Å². The first-order valence-corrected chi connectivity index (χ1v) is 13.6. The van der Waals surface area contributed by atoms with Crippen molar-refractivity contribution in [1.29, 1.82) is 5.26 Å². The number of rotatable bonds is 7. The first-order chi connectivity index (χ1) is 20.0. The van der Waals surface area contributed by atoms with Crippen molar-refractivity contribution in [3.8, 4) is 23.0 Å². The number of aryl methyl sites for hydroxylation is 1. The van der Waals surface area contributed by atoms with E-state index in [1.165, 1.54) is 0 Å². The molecular weight excluding hydrogens is 512 g/mol. The van der Waals surface area contributed by atoms with E-state index in [1.807, 2.05) is 73.7 Å². The van der Waals surface area contributed by atoms with E-state index in [2.05, 4.69) is 43.5 Å². The summed E-state index contributed by atoms with van der Waals surface area (Å²) in [6.45, 7) is 3.23. The Morgan fingerprint density at radius 1 is 0.976 bits per heavy atom. The van der Waals surface area contributed by atoms with Crippen LogP contribution < -0.4 is 10.2 Å². The molecule has 204 valence electrons. The monoisotopic (exact) mass is 542 g/mol. The van der Waals surface area contributed by atoms with Crippen molar-refractivity contribution < 1.29 is 5.11 Å². The molecule has 0 bridgehead atoms. The van der Waals surface area contributed by atoms with Gasteiger partial charge in [-0.05, 0) is 67.8 Å². The number of benzene rings is 3. The second-order valence-corrected chi connectivity index (χ2v) is 10.4. The second kappa shape index (κ2) is 11.2. The van der Waals surface area contributed by atoms with Crippen LogP contribution in [0.2, 0.25) is 0 Å². The molecule has 3 aromatic carbocycles. The normalized spacial score (nSPS) is 14.4. The van der Waals surface area contributed by atoms with Gasteiger partial charge in [0.15, 0.2) is 0 Å². The SMILES string of the molecule is Cc1ncn(-c2ccc(Nc3nccc(-c4ccc(N5CCC(O)(Cc6ccccc6)CC5)c(C#N)c4)n3)cc2)n1. The fourth-order valence-electron chi connectivity index (χ4n) is 5.25. The van der Waals surface area contributed by atoms with E-state index >= 15 is 0 Å². The van der Waals surface area contributed by atoms with Gasteiger partial charge in [0.25, 0.3) is 0 Å². The second-order valence-electron chi connectivity index (χ2n) is 10.4. The lowest BCUT2D eigenvalue weighted by Crippen LogP contribution is -2.46. The van der Waals surface area contributed by atoms with Gasteiger partial charge in [-0.25, -0.2) is 19.6 Å². The first kappa shape index (κ1) is 26.2. The van der Waals surface area contributed by atoms with Gasteiger partial charge in [-0.3, -0.25) is 0 Å². The van der Waals surface area contributed by atoms with Gasteiger partial charge in [0, 0.05) is 37.0 Å². The van der Waals surface area contributed by atoms with Crippen LogP contribution in [0.15, 0.2) is 91.4 Å². The lowest BCUT2D eigenvalue weighted by molar-refractivity contribution is 0.0165. The molecule has 9 heteroatoms. The van der Waals surface area contributed by atoms with Gasteiger partial charge < -0.3 is 15.3 Å². The van der Waals surface area contributed by atoms with Crippen molar-refractivity contribution in [3.63, 3.8) is 0 Å². The van der Waals surface area contributed by atoms with Crippen molar-refractivity contribution in [1.82, 2.24) is 24.7 Å². The maximum Gasteiger partial charge on any atom is 0.227 e. The molecule has 0 aliphatic carbocycles. The van der Waals surface area contributed by atoms with E-state index in [4.69, 9.17) is 4.98 Å². The molecule has 0 atom stereocenters. The predicted octanol–water partition coefficient (Wildman–Crippen LogP) is 5.22. The molecule has 0 spiro atoms. The number of hydrogen-bond acceptors (Lipinski definition) is 8. The number of anilines is 3. The standard InChI is InChI=1S/C32H30N8O/c1-23-35-22-40(38-23)28-10-8-27(9-11-28)36-31-34-16-13-29(37-31)25-7-12-30(26(19-25)21-33)39-17-14-32(41,15-18-39)20-24-5-3-2-4-6-24/h2-13,16,19,22,41H,14-15,17-18,20H2,1H3,(H,34,36,37). The molecule has 41 heavy (non-hydrogen) atoms. The van der Waals surface area contributed by atoms with E-state index < -0.39 is 5.60 Å². The Kier molecular flexibility index (Phi) is 7.15. The smallest absolute Gasteiger partial charge is 0.227 e. The Hall–Kier alpha value is -5.07. The van der Waals surface area contributed by atoms with Gasteiger partial charge in [-0.1, -0.05) is 36.4 Å². The van der Waals surface area contributed by atoms with Gasteiger partial charge in [0.05, 0.1) is 28.2 Å². The van der Waals surface area contributed by atoms with Crippen LogP contribution in [0.25, 0.3) is 16.9 Å². The zero-order chi connectivity index (χ0) is 28.2. The zero-order valence-corrected chi connectivity index (χ0v) is 22.8. The highest BCUT2D eigenvalue weighted by Crippen LogP contribution is 2.33. The fourth-order valence-corrected chi connectivity index (χ4v) is 5.25. The van der Waals surface area contributed by atoms with Gasteiger partial charge in [-0.2, -0.15) is 10.4 Å². The van der Waals surface area contributed by atoms with E-state index in [0.29, 0.717) is 49.7 Å². The zero-order valence-electron chi connectivity index (χ0n) is 22.8. The van der Waals surface area contributed by atoms with Gasteiger partial charge in [0.2, 0.25) is 5.95 Å². The minimum atomic E-state index is -0.731. The quantitative estimate of drug-likeness (QED) is 0.288. The Labute approximate surface area is 238 Å². The summed E-state index contributed by atoms with van der Waals surface area (Å²) < 4.78 is 1.72. The lowest BCUT2D eigenvalue weighted by Gasteiger charge is -2.39. The summed E-state index contributed by atoms with van der Waals surface area (Å²) >= 11 is 0. The molecule has 0 unspecified atom stereocenters. The molecule has 1 aliphatic rings. The van der Waals surface area contributed by atoms with Crippen molar-refractivity contribution in [2.75, 3.05) is 23.3 Å².